The molecule has 2 aromatic carbocycles. The molecule has 1 aliphatic heterocycles. The second-order valence-corrected chi connectivity index (χ2v) is 13.9. The van der Waals surface area contributed by atoms with Crippen LogP contribution in [-0.2, 0) is 38.7 Å². The monoisotopic (exact) mass is 718 g/mol. The lowest BCUT2D eigenvalue weighted by Crippen LogP contribution is -2.55. The number of esters is 2. The van der Waals surface area contributed by atoms with Crippen LogP contribution in [0.2, 0.25) is 5.02 Å². The van der Waals surface area contributed by atoms with E-state index in [1.165, 1.54) is 53.4 Å². The number of methoxy groups -OCH3 is 1. The van der Waals surface area contributed by atoms with Gasteiger partial charge < -0.3 is 25.0 Å². The van der Waals surface area contributed by atoms with E-state index >= 15 is 0 Å². The number of ether oxygens (including phenoxy) is 2. The zero-order valence-electron chi connectivity index (χ0n) is 27.9. The lowest BCUT2D eigenvalue weighted by molar-refractivity contribution is -0.149. The first-order valence-corrected chi connectivity index (χ1v) is 17.2. The van der Waals surface area contributed by atoms with Crippen molar-refractivity contribution in [3.8, 4) is 0 Å². The van der Waals surface area contributed by atoms with E-state index in [4.69, 9.17) is 21.1 Å². The Hall–Kier alpha value is -4.76. The Morgan fingerprint density at radius 3 is 1.98 bits per heavy atom. The molecule has 1 unspecified atom stereocenters. The summed E-state index contributed by atoms with van der Waals surface area (Å²) in [6, 6.07) is 8.43. The average molecular weight is 719 g/mol. The minimum atomic E-state index is -4.18. The van der Waals surface area contributed by atoms with Gasteiger partial charge in [-0.25, -0.2) is 17.9 Å². The normalized spacial score (nSPS) is 15.6. The second-order valence-electron chi connectivity index (χ2n) is 11.8. The molecule has 14 nitrogen and oxygen atoms in total. The lowest BCUT2D eigenvalue weighted by atomic mass is 10.0. The number of likely N-dealkylation sites (tertiary alicyclic amines) is 1. The van der Waals surface area contributed by atoms with E-state index in [0.29, 0.717) is 17.9 Å². The maximum Gasteiger partial charge on any atom is 0.375 e. The van der Waals surface area contributed by atoms with Crippen molar-refractivity contribution in [3.63, 3.8) is 0 Å². The first-order chi connectivity index (χ1) is 23.0. The van der Waals surface area contributed by atoms with Gasteiger partial charge >= 0.3 is 11.9 Å². The zero-order valence-corrected chi connectivity index (χ0v) is 29.4. The van der Waals surface area contributed by atoms with Gasteiger partial charge in [-0.3, -0.25) is 24.0 Å². The van der Waals surface area contributed by atoms with Crippen LogP contribution in [0.5, 0.6) is 0 Å². The Balaban J connectivity index is 1.74. The summed E-state index contributed by atoms with van der Waals surface area (Å²) in [5.41, 5.74) is 0.0777. The number of allylic oxidation sites excluding steroid dienone is 1. The van der Waals surface area contributed by atoms with Gasteiger partial charge in [0.05, 0.1) is 17.7 Å². The zero-order chi connectivity index (χ0) is 36.6. The molecule has 16 heteroatoms. The molecule has 1 heterocycles. The van der Waals surface area contributed by atoms with Crippen LogP contribution in [0.15, 0.2) is 64.9 Å². The first-order valence-electron chi connectivity index (χ1n) is 15.3. The van der Waals surface area contributed by atoms with Crippen LogP contribution in [0.1, 0.15) is 68.2 Å². The summed E-state index contributed by atoms with van der Waals surface area (Å²) in [6.07, 6.45) is 0.800. The fraction of sp³-hybridized carbons (Fsp3) is 0.394. The van der Waals surface area contributed by atoms with Gasteiger partial charge in [-0.05, 0) is 73.2 Å². The molecule has 0 spiro atoms. The van der Waals surface area contributed by atoms with Crippen LogP contribution in [0, 0.1) is 11.8 Å². The van der Waals surface area contributed by atoms with E-state index in [9.17, 15) is 37.2 Å². The number of nitrogens with one attached hydrogen (secondary N) is 3. The van der Waals surface area contributed by atoms with Crippen molar-refractivity contribution in [2.24, 2.45) is 11.8 Å². The Kier molecular flexibility index (Phi) is 13.1. The highest BCUT2D eigenvalue weighted by molar-refractivity contribution is 7.90. The first kappa shape index (κ1) is 38.7. The number of hydrogen-bond acceptors (Lipinski definition) is 10. The number of benzene rings is 2. The Bertz CT molecular complexity index is 1740. The SMILES string of the molecule is COC(=O)C(OC(C)=O)=C(NC(=O)[C@@H]1CCCN1C(=O)C(NC(=O)c1ccc(C(=O)NS(=O)(=O)c2ccc(Cl)cc2)cc1)C(C)C)C(C)C. The van der Waals surface area contributed by atoms with Crippen LogP contribution in [0.25, 0.3) is 0 Å². The highest BCUT2D eigenvalue weighted by Crippen LogP contribution is 2.23. The van der Waals surface area contributed by atoms with Gasteiger partial charge in [-0.15, -0.1) is 0 Å². The van der Waals surface area contributed by atoms with E-state index in [1.807, 2.05) is 4.72 Å². The van der Waals surface area contributed by atoms with E-state index in [2.05, 4.69) is 10.6 Å². The van der Waals surface area contributed by atoms with Crippen molar-refractivity contribution in [2.75, 3.05) is 13.7 Å². The third kappa shape index (κ3) is 9.89. The van der Waals surface area contributed by atoms with Crippen LogP contribution < -0.4 is 15.4 Å². The largest absolute Gasteiger partial charge is 0.463 e. The molecule has 1 aliphatic rings. The van der Waals surface area contributed by atoms with Crippen molar-refractivity contribution in [2.45, 2.75) is 64.4 Å². The number of hydrogen-bond donors (Lipinski definition) is 3. The number of rotatable bonds is 12. The summed E-state index contributed by atoms with van der Waals surface area (Å²) < 4.78 is 36.9. The predicted molar refractivity (Wildman–Crippen MR) is 177 cm³/mol. The number of halogens is 1. The summed E-state index contributed by atoms with van der Waals surface area (Å²) in [5.74, 6) is -5.76. The highest BCUT2D eigenvalue weighted by Gasteiger charge is 2.39. The van der Waals surface area contributed by atoms with Gasteiger partial charge in [0, 0.05) is 29.6 Å². The van der Waals surface area contributed by atoms with Crippen LogP contribution >= 0.6 is 11.6 Å². The van der Waals surface area contributed by atoms with Gasteiger partial charge in [-0.1, -0.05) is 39.3 Å². The molecular weight excluding hydrogens is 680 g/mol. The van der Waals surface area contributed by atoms with Crippen molar-refractivity contribution >= 4 is 57.2 Å². The van der Waals surface area contributed by atoms with E-state index in [-0.39, 0.29) is 28.3 Å². The average Bonchev–Trinajstić information content (AvgIpc) is 3.54. The molecule has 1 saturated heterocycles. The van der Waals surface area contributed by atoms with Crippen molar-refractivity contribution in [3.05, 3.63) is 76.1 Å². The van der Waals surface area contributed by atoms with Crippen molar-refractivity contribution in [1.29, 1.82) is 0 Å². The molecule has 3 rings (SSSR count). The predicted octanol–water partition coefficient (Wildman–Crippen LogP) is 2.92. The van der Waals surface area contributed by atoms with Gasteiger partial charge in [0.2, 0.25) is 17.6 Å². The maximum absolute atomic E-state index is 13.8. The minimum Gasteiger partial charge on any atom is -0.463 e. The fourth-order valence-corrected chi connectivity index (χ4v) is 6.07. The summed E-state index contributed by atoms with van der Waals surface area (Å²) in [4.78, 5) is 78.4. The van der Waals surface area contributed by atoms with Crippen LogP contribution in [-0.4, -0.2) is 74.6 Å². The number of nitrogens with zero attached hydrogens (tertiary/aromatic N) is 1. The molecule has 1 fully saturated rings. The van der Waals surface area contributed by atoms with E-state index < -0.39 is 75.3 Å². The van der Waals surface area contributed by atoms with Crippen molar-refractivity contribution < 1.29 is 46.7 Å². The number of amides is 4. The summed E-state index contributed by atoms with van der Waals surface area (Å²) in [7, 11) is -3.08. The summed E-state index contributed by atoms with van der Waals surface area (Å²) in [6.45, 7) is 8.13. The van der Waals surface area contributed by atoms with Gasteiger partial charge in [0.1, 0.15) is 12.1 Å². The minimum absolute atomic E-state index is 0.0137. The molecule has 2 atom stereocenters. The molecule has 0 bridgehead atoms. The molecule has 0 radical (unpaired) electrons. The molecule has 0 aromatic heterocycles. The quantitative estimate of drug-likeness (QED) is 0.167. The molecule has 264 valence electrons. The number of carbonyl (C=O) groups excluding carboxylic acids is 6. The molecule has 0 saturated carbocycles. The smallest absolute Gasteiger partial charge is 0.375 e. The molecular formula is C33H39ClN4O10S. The van der Waals surface area contributed by atoms with Crippen molar-refractivity contribution in [1.82, 2.24) is 20.3 Å². The Morgan fingerprint density at radius 2 is 1.47 bits per heavy atom. The maximum atomic E-state index is 13.8. The Morgan fingerprint density at radius 1 is 0.898 bits per heavy atom. The molecule has 49 heavy (non-hydrogen) atoms. The van der Waals surface area contributed by atoms with Gasteiger partial charge in [0.15, 0.2) is 0 Å². The number of sulfonamides is 1. The van der Waals surface area contributed by atoms with Crippen LogP contribution in [0.4, 0.5) is 0 Å². The standard InChI is InChI=1S/C33H39ClN4O10S/c1-18(2)26(28(33(44)47-6)48-20(5)39)35-31(42)25-8-7-17-38(25)32(43)27(19(3)4)36-29(40)21-9-11-22(12-10-21)30(41)37-49(45,46)24-15-13-23(34)14-16-24/h9-16,18-19,25,27H,7-8,17H2,1-6H3,(H,35,42)(H,36,40)(H,37,41)/t25-,27?/m0/s1. The third-order valence-corrected chi connectivity index (χ3v) is 9.11. The van der Waals surface area contributed by atoms with Gasteiger partial charge in [0.25, 0.3) is 21.8 Å². The van der Waals surface area contributed by atoms with Crippen LogP contribution in [0.3, 0.4) is 0 Å². The third-order valence-electron chi connectivity index (χ3n) is 7.51. The van der Waals surface area contributed by atoms with E-state index in [1.54, 1.807) is 27.7 Å². The Labute approximate surface area is 289 Å². The lowest BCUT2D eigenvalue weighted by Gasteiger charge is -2.31. The molecule has 0 aliphatic carbocycles. The number of carbonyl (C=O) groups is 6. The topological polar surface area (TPSA) is 194 Å². The molecule has 2 aromatic rings. The summed E-state index contributed by atoms with van der Waals surface area (Å²) >= 11 is 5.80. The highest BCUT2D eigenvalue weighted by atomic mass is 35.5. The second kappa shape index (κ2) is 16.6. The molecule has 3 N–H and O–H groups in total. The van der Waals surface area contributed by atoms with Gasteiger partial charge in [-0.2, -0.15) is 0 Å². The van der Waals surface area contributed by atoms with E-state index in [0.717, 1.165) is 14.0 Å². The summed E-state index contributed by atoms with van der Waals surface area (Å²) in [5, 5.41) is 5.68. The fourth-order valence-electron chi connectivity index (χ4n) is 4.97. The molecule has 4 amide bonds.